The number of hydrogen-bond donors (Lipinski definition) is 3. The van der Waals surface area contributed by atoms with E-state index in [2.05, 4.69) is 36.0 Å². The van der Waals surface area contributed by atoms with Crippen molar-refractivity contribution in [2.45, 2.75) is 32.9 Å². The average molecular weight is 401 g/mol. The van der Waals surface area contributed by atoms with Crippen LogP contribution in [-0.4, -0.2) is 49.3 Å². The van der Waals surface area contributed by atoms with Crippen LogP contribution in [-0.2, 0) is 4.79 Å². The molecule has 1 aromatic carbocycles. The molecule has 9 nitrogen and oxygen atoms in total. The van der Waals surface area contributed by atoms with Gasteiger partial charge in [-0.25, -0.2) is 0 Å². The number of carbonyl (C=O) groups excluding carboxylic acids is 1. The monoisotopic (exact) mass is 400 g/mol. The minimum Gasteiger partial charge on any atom is -0.354 e. The molecule has 10 heteroatoms. The molecule has 0 aliphatic heterocycles. The molecular formula is C18H24N8OS. The van der Waals surface area contributed by atoms with Gasteiger partial charge in [0, 0.05) is 18.8 Å². The van der Waals surface area contributed by atoms with E-state index < -0.39 is 0 Å². The Morgan fingerprint density at radius 1 is 1.11 bits per heavy atom. The Balaban J connectivity index is 1.72. The molecule has 28 heavy (non-hydrogen) atoms. The largest absolute Gasteiger partial charge is 0.354 e. The van der Waals surface area contributed by atoms with Crippen molar-refractivity contribution in [3.05, 3.63) is 29.3 Å². The van der Waals surface area contributed by atoms with E-state index in [1.807, 2.05) is 45.9 Å². The van der Waals surface area contributed by atoms with E-state index in [9.17, 15) is 4.79 Å². The van der Waals surface area contributed by atoms with Crippen molar-refractivity contribution in [2.75, 3.05) is 34.8 Å². The summed E-state index contributed by atoms with van der Waals surface area (Å²) < 4.78 is 1.55. The first-order chi connectivity index (χ1) is 13.5. The van der Waals surface area contributed by atoms with Crippen LogP contribution in [0.4, 0.5) is 17.6 Å². The average Bonchev–Trinajstić information content (AvgIpc) is 3.07. The lowest BCUT2D eigenvalue weighted by Gasteiger charge is -2.08. The summed E-state index contributed by atoms with van der Waals surface area (Å²) in [5.41, 5.74) is 2.95. The van der Waals surface area contributed by atoms with E-state index in [-0.39, 0.29) is 11.7 Å². The van der Waals surface area contributed by atoms with Crippen LogP contribution in [0.3, 0.4) is 0 Å². The molecule has 3 aromatic rings. The maximum atomic E-state index is 12.3. The molecule has 2 aromatic heterocycles. The van der Waals surface area contributed by atoms with Gasteiger partial charge in [-0.3, -0.25) is 4.79 Å². The molecule has 0 saturated heterocycles. The van der Waals surface area contributed by atoms with Crippen LogP contribution in [0.2, 0.25) is 0 Å². The number of nitrogens with one attached hydrogen (secondary N) is 3. The van der Waals surface area contributed by atoms with Crippen molar-refractivity contribution in [3.8, 4) is 0 Å². The topological polar surface area (TPSA) is 109 Å². The summed E-state index contributed by atoms with van der Waals surface area (Å²) in [6, 6.07) is 5.97. The van der Waals surface area contributed by atoms with Gasteiger partial charge in [-0.15, -0.1) is 5.10 Å². The van der Waals surface area contributed by atoms with Gasteiger partial charge in [0.15, 0.2) is 0 Å². The molecule has 0 spiro atoms. The summed E-state index contributed by atoms with van der Waals surface area (Å²) in [6.45, 7) is 9.31. The number of amides is 1. The minimum atomic E-state index is -0.108. The fourth-order valence-electron chi connectivity index (χ4n) is 2.53. The molecule has 3 rings (SSSR count). The molecule has 2 heterocycles. The van der Waals surface area contributed by atoms with Crippen molar-refractivity contribution < 1.29 is 4.79 Å². The normalized spacial score (nSPS) is 10.9. The maximum Gasteiger partial charge on any atom is 0.259 e. The molecule has 0 bridgehead atoms. The van der Waals surface area contributed by atoms with Gasteiger partial charge in [-0.1, -0.05) is 23.9 Å². The third kappa shape index (κ3) is 4.69. The summed E-state index contributed by atoms with van der Waals surface area (Å²) in [7, 11) is 0. The standard InChI is InChI=1S/C18H24N8OS/c1-5-19-15-22-16(20-6-2)26-17(23-15)24-18(25-26)28-10-14(27)21-13-9-11(3)7-8-12(13)4/h7-9H,5-6,10H2,1-4H3,(H,21,27)(H2,19,20,22,23,24,25). The van der Waals surface area contributed by atoms with Gasteiger partial charge in [0.05, 0.1) is 5.75 Å². The molecule has 0 fully saturated rings. The first-order valence-corrected chi connectivity index (χ1v) is 10.1. The van der Waals surface area contributed by atoms with Gasteiger partial charge in [-0.05, 0) is 44.9 Å². The number of fused-ring (bicyclic) bond motifs is 1. The second kappa shape index (κ2) is 8.87. The number of thioether (sulfide) groups is 1. The number of anilines is 3. The number of hydrogen-bond acceptors (Lipinski definition) is 8. The predicted octanol–water partition coefficient (Wildman–Crippen LogP) is 2.73. The third-order valence-electron chi connectivity index (χ3n) is 3.86. The Hall–Kier alpha value is -2.88. The second-order valence-electron chi connectivity index (χ2n) is 6.19. The SMILES string of the molecule is CCNc1nc(NCC)n2nc(SCC(=O)Nc3cc(C)ccc3C)nc2n1. The molecular weight excluding hydrogens is 376 g/mol. The van der Waals surface area contributed by atoms with Gasteiger partial charge < -0.3 is 16.0 Å². The Labute approximate surface area is 167 Å². The van der Waals surface area contributed by atoms with E-state index in [0.717, 1.165) is 16.8 Å². The lowest BCUT2D eigenvalue weighted by Crippen LogP contribution is -2.15. The highest BCUT2D eigenvalue weighted by Gasteiger charge is 2.14. The summed E-state index contributed by atoms with van der Waals surface area (Å²) in [4.78, 5) is 25.5. The molecule has 148 valence electrons. The summed E-state index contributed by atoms with van der Waals surface area (Å²) in [6.07, 6.45) is 0. The number of nitrogens with zero attached hydrogens (tertiary/aromatic N) is 5. The number of aromatic nitrogens is 5. The summed E-state index contributed by atoms with van der Waals surface area (Å²) in [5, 5.41) is 14.1. The van der Waals surface area contributed by atoms with Crippen molar-refractivity contribution in [1.29, 1.82) is 0 Å². The van der Waals surface area contributed by atoms with Crippen LogP contribution in [0.15, 0.2) is 23.4 Å². The lowest BCUT2D eigenvalue weighted by molar-refractivity contribution is -0.113. The van der Waals surface area contributed by atoms with Crippen LogP contribution in [0.25, 0.3) is 5.78 Å². The molecule has 0 saturated carbocycles. The number of rotatable bonds is 8. The molecule has 0 unspecified atom stereocenters. The minimum absolute atomic E-state index is 0.108. The lowest BCUT2D eigenvalue weighted by atomic mass is 10.1. The van der Waals surface area contributed by atoms with E-state index in [1.54, 1.807) is 4.52 Å². The number of carbonyl (C=O) groups is 1. The van der Waals surface area contributed by atoms with E-state index in [1.165, 1.54) is 11.8 Å². The van der Waals surface area contributed by atoms with Crippen molar-refractivity contribution in [2.24, 2.45) is 0 Å². The van der Waals surface area contributed by atoms with Crippen LogP contribution < -0.4 is 16.0 Å². The van der Waals surface area contributed by atoms with Gasteiger partial charge in [0.2, 0.25) is 23.0 Å². The van der Waals surface area contributed by atoms with Crippen molar-refractivity contribution in [1.82, 2.24) is 24.6 Å². The second-order valence-corrected chi connectivity index (χ2v) is 7.14. The van der Waals surface area contributed by atoms with Gasteiger partial charge >= 0.3 is 0 Å². The number of aryl methyl sites for hydroxylation is 2. The predicted molar refractivity (Wildman–Crippen MR) is 112 cm³/mol. The van der Waals surface area contributed by atoms with E-state index >= 15 is 0 Å². The first kappa shape index (κ1) is 19.9. The molecule has 1 amide bonds. The zero-order valence-electron chi connectivity index (χ0n) is 16.4. The maximum absolute atomic E-state index is 12.3. The summed E-state index contributed by atoms with van der Waals surface area (Å²) in [5.74, 6) is 1.57. The van der Waals surface area contributed by atoms with Crippen molar-refractivity contribution in [3.63, 3.8) is 0 Å². The highest BCUT2D eigenvalue weighted by Crippen LogP contribution is 2.19. The zero-order chi connectivity index (χ0) is 20.1. The number of benzene rings is 1. The Morgan fingerprint density at radius 3 is 2.64 bits per heavy atom. The highest BCUT2D eigenvalue weighted by molar-refractivity contribution is 7.99. The Kier molecular flexibility index (Phi) is 6.30. The van der Waals surface area contributed by atoms with Gasteiger partial charge in [0.25, 0.3) is 5.78 Å². The molecule has 3 N–H and O–H groups in total. The first-order valence-electron chi connectivity index (χ1n) is 9.12. The highest BCUT2D eigenvalue weighted by atomic mass is 32.2. The molecule has 0 aliphatic rings. The van der Waals surface area contributed by atoms with Crippen LogP contribution in [0.1, 0.15) is 25.0 Å². The van der Waals surface area contributed by atoms with Crippen LogP contribution in [0.5, 0.6) is 0 Å². The van der Waals surface area contributed by atoms with Gasteiger partial charge in [-0.2, -0.15) is 19.5 Å². The smallest absolute Gasteiger partial charge is 0.259 e. The fourth-order valence-corrected chi connectivity index (χ4v) is 3.14. The molecule has 0 radical (unpaired) electrons. The Morgan fingerprint density at radius 2 is 1.89 bits per heavy atom. The molecule has 0 atom stereocenters. The third-order valence-corrected chi connectivity index (χ3v) is 4.70. The fraction of sp³-hybridized carbons (Fsp3) is 0.389. The van der Waals surface area contributed by atoms with Crippen LogP contribution in [0, 0.1) is 13.8 Å². The molecule has 0 aliphatic carbocycles. The zero-order valence-corrected chi connectivity index (χ0v) is 17.2. The van der Waals surface area contributed by atoms with Crippen molar-refractivity contribution >= 4 is 41.0 Å². The Bertz CT molecular complexity index is 987. The quantitative estimate of drug-likeness (QED) is 0.495. The van der Waals surface area contributed by atoms with E-state index in [4.69, 9.17) is 0 Å². The van der Waals surface area contributed by atoms with E-state index in [0.29, 0.717) is 35.9 Å². The summed E-state index contributed by atoms with van der Waals surface area (Å²) >= 11 is 1.26. The van der Waals surface area contributed by atoms with Gasteiger partial charge in [0.1, 0.15) is 0 Å². The van der Waals surface area contributed by atoms with Crippen LogP contribution >= 0.6 is 11.8 Å².